The van der Waals surface area contributed by atoms with Gasteiger partial charge in [-0.1, -0.05) is 36.4 Å². The molecule has 0 aliphatic heterocycles. The normalized spacial score (nSPS) is 14.0. The van der Waals surface area contributed by atoms with Crippen molar-refractivity contribution in [1.29, 1.82) is 0 Å². The summed E-state index contributed by atoms with van der Waals surface area (Å²) in [6.45, 7) is 0.654. The van der Waals surface area contributed by atoms with Gasteiger partial charge in [0.15, 0.2) is 6.04 Å². The van der Waals surface area contributed by atoms with Crippen LogP contribution in [0.3, 0.4) is 0 Å². The van der Waals surface area contributed by atoms with Crippen LogP contribution in [0.25, 0.3) is 22.1 Å². The van der Waals surface area contributed by atoms with Gasteiger partial charge >= 0.3 is 5.97 Å². The van der Waals surface area contributed by atoms with Gasteiger partial charge in [0.05, 0.1) is 6.26 Å². The molecule has 3 aromatic carbocycles. The van der Waals surface area contributed by atoms with Crippen molar-refractivity contribution in [3.63, 3.8) is 0 Å². The van der Waals surface area contributed by atoms with Crippen molar-refractivity contribution in [3.05, 3.63) is 89.7 Å². The number of carboxylic acids is 1. The third-order valence-electron chi connectivity index (χ3n) is 6.19. The summed E-state index contributed by atoms with van der Waals surface area (Å²) >= 11 is 0. The first-order valence-electron chi connectivity index (χ1n) is 11.6. The lowest BCUT2D eigenvalue weighted by Gasteiger charge is -2.19. The maximum absolute atomic E-state index is 12.3. The van der Waals surface area contributed by atoms with E-state index in [-0.39, 0.29) is 18.4 Å². The smallest absolute Gasteiger partial charge is 0.331 e. The fourth-order valence-electron chi connectivity index (χ4n) is 4.20. The van der Waals surface area contributed by atoms with Crippen molar-refractivity contribution in [2.75, 3.05) is 0 Å². The molecule has 1 aromatic heterocycles. The number of rotatable bonds is 9. The minimum absolute atomic E-state index is 0.0946. The van der Waals surface area contributed by atoms with E-state index in [4.69, 9.17) is 14.9 Å². The summed E-state index contributed by atoms with van der Waals surface area (Å²) in [5.41, 5.74) is 10.8. The van der Waals surface area contributed by atoms with Crippen molar-refractivity contribution in [2.24, 2.45) is 11.7 Å². The third kappa shape index (κ3) is 4.90. The monoisotopic (exact) mass is 470 g/mol. The summed E-state index contributed by atoms with van der Waals surface area (Å²) in [6.07, 6.45) is 3.24. The van der Waals surface area contributed by atoms with Crippen molar-refractivity contribution in [1.82, 2.24) is 5.32 Å². The highest BCUT2D eigenvalue weighted by atomic mass is 16.5. The number of carbonyl (C=O) groups is 2. The Kier molecular flexibility index (Phi) is 6.25. The van der Waals surface area contributed by atoms with E-state index in [1.165, 1.54) is 0 Å². The highest BCUT2D eigenvalue weighted by molar-refractivity contribution is 5.93. The standard InChI is InChI=1S/C28H26N2O5/c29-15-17-4-3-5-20(12-17)23-14-18(13-21-10-11-34-26(21)23)16-35-24-7-2-1-6-22(24)25(28(32)33)30-27(31)19-8-9-19/h1-7,10-14,19,25H,8-9,15-16,29H2,(H,30,31)(H,32,33). The minimum Gasteiger partial charge on any atom is -0.489 e. The van der Waals surface area contributed by atoms with Gasteiger partial charge in [-0.2, -0.15) is 0 Å². The van der Waals surface area contributed by atoms with Crippen LogP contribution in [0.1, 0.15) is 35.6 Å². The molecule has 5 rings (SSSR count). The molecule has 0 saturated heterocycles. The maximum atomic E-state index is 12.3. The van der Waals surface area contributed by atoms with E-state index < -0.39 is 12.0 Å². The first kappa shape index (κ1) is 22.7. The number of nitrogens with one attached hydrogen (secondary N) is 1. The molecule has 1 unspecified atom stereocenters. The number of aliphatic carboxylic acids is 1. The molecular formula is C28H26N2O5. The number of amides is 1. The van der Waals surface area contributed by atoms with Gasteiger partial charge in [-0.3, -0.25) is 4.79 Å². The number of carboxylic acid groups (broad SMARTS) is 1. The molecule has 4 aromatic rings. The van der Waals surface area contributed by atoms with Crippen LogP contribution in [0, 0.1) is 5.92 Å². The number of fused-ring (bicyclic) bond motifs is 1. The van der Waals surface area contributed by atoms with Gasteiger partial charge in [-0.05, 0) is 59.9 Å². The van der Waals surface area contributed by atoms with Crippen molar-refractivity contribution >= 4 is 22.8 Å². The van der Waals surface area contributed by atoms with Gasteiger partial charge in [0.2, 0.25) is 5.91 Å². The summed E-state index contributed by atoms with van der Waals surface area (Å²) in [6, 6.07) is 19.6. The summed E-state index contributed by atoms with van der Waals surface area (Å²) in [5, 5.41) is 13.4. The number of carbonyl (C=O) groups excluding carboxylic acids is 1. The second kappa shape index (κ2) is 9.64. The Balaban J connectivity index is 1.43. The highest BCUT2D eigenvalue weighted by Crippen LogP contribution is 2.34. The molecule has 1 amide bonds. The van der Waals surface area contributed by atoms with E-state index in [2.05, 4.69) is 5.32 Å². The van der Waals surface area contributed by atoms with Gasteiger partial charge < -0.3 is 25.3 Å². The molecule has 35 heavy (non-hydrogen) atoms. The van der Waals surface area contributed by atoms with Gasteiger partial charge in [0.1, 0.15) is 17.9 Å². The molecule has 1 saturated carbocycles. The Morgan fingerprint density at radius 2 is 1.89 bits per heavy atom. The van der Waals surface area contributed by atoms with Crippen LogP contribution in [0.15, 0.2) is 77.4 Å². The van der Waals surface area contributed by atoms with Crippen LogP contribution in [0.4, 0.5) is 0 Å². The largest absolute Gasteiger partial charge is 0.489 e. The van der Waals surface area contributed by atoms with Crippen LogP contribution in [0.5, 0.6) is 5.75 Å². The number of hydrogen-bond acceptors (Lipinski definition) is 5. The van der Waals surface area contributed by atoms with Crippen LogP contribution in [-0.4, -0.2) is 17.0 Å². The lowest BCUT2D eigenvalue weighted by atomic mass is 9.99. The fraction of sp³-hybridized carbons (Fsp3) is 0.214. The lowest BCUT2D eigenvalue weighted by molar-refractivity contribution is -0.142. The van der Waals surface area contributed by atoms with Gasteiger partial charge in [-0.25, -0.2) is 4.79 Å². The third-order valence-corrected chi connectivity index (χ3v) is 6.19. The van der Waals surface area contributed by atoms with E-state index in [0.717, 1.165) is 46.1 Å². The molecule has 1 aliphatic rings. The minimum atomic E-state index is -1.18. The van der Waals surface area contributed by atoms with E-state index >= 15 is 0 Å². The number of ether oxygens (including phenoxy) is 1. The second-order valence-corrected chi connectivity index (χ2v) is 8.77. The van der Waals surface area contributed by atoms with Crippen LogP contribution in [0.2, 0.25) is 0 Å². The highest BCUT2D eigenvalue weighted by Gasteiger charge is 2.34. The fourth-order valence-corrected chi connectivity index (χ4v) is 4.20. The first-order chi connectivity index (χ1) is 17.0. The summed E-state index contributed by atoms with van der Waals surface area (Å²) in [5.74, 6) is -1.04. The van der Waals surface area contributed by atoms with Crippen LogP contribution in [-0.2, 0) is 22.7 Å². The zero-order valence-corrected chi connectivity index (χ0v) is 19.1. The SMILES string of the molecule is NCc1cccc(-c2cc(COc3ccccc3C(NC(=O)C3CC3)C(=O)O)cc3ccoc23)c1. The quantitative estimate of drug-likeness (QED) is 0.324. The molecule has 0 radical (unpaired) electrons. The van der Waals surface area contributed by atoms with E-state index in [1.807, 2.05) is 42.5 Å². The molecule has 1 atom stereocenters. The Morgan fingerprint density at radius 3 is 2.66 bits per heavy atom. The topological polar surface area (TPSA) is 115 Å². The molecule has 1 fully saturated rings. The summed E-state index contributed by atoms with van der Waals surface area (Å²) in [7, 11) is 0. The van der Waals surface area contributed by atoms with E-state index in [9.17, 15) is 14.7 Å². The molecule has 4 N–H and O–H groups in total. The molecule has 7 heteroatoms. The number of nitrogens with two attached hydrogens (primary N) is 1. The van der Waals surface area contributed by atoms with E-state index in [0.29, 0.717) is 17.9 Å². The molecular weight excluding hydrogens is 444 g/mol. The van der Waals surface area contributed by atoms with Crippen molar-refractivity contribution in [2.45, 2.75) is 32.0 Å². The Labute approximate surface area is 202 Å². The number of para-hydroxylation sites is 1. The van der Waals surface area contributed by atoms with Gasteiger partial charge in [0.25, 0.3) is 0 Å². The van der Waals surface area contributed by atoms with E-state index in [1.54, 1.807) is 30.5 Å². The number of hydrogen-bond donors (Lipinski definition) is 3. The zero-order chi connectivity index (χ0) is 24.4. The average molecular weight is 471 g/mol. The molecule has 1 heterocycles. The van der Waals surface area contributed by atoms with Crippen molar-refractivity contribution < 1.29 is 23.8 Å². The summed E-state index contributed by atoms with van der Waals surface area (Å²) < 4.78 is 11.9. The van der Waals surface area contributed by atoms with Crippen molar-refractivity contribution in [3.8, 4) is 16.9 Å². The predicted octanol–water partition coefficient (Wildman–Crippen LogP) is 4.79. The maximum Gasteiger partial charge on any atom is 0.331 e. The molecule has 0 spiro atoms. The van der Waals surface area contributed by atoms with Crippen LogP contribution < -0.4 is 15.8 Å². The summed E-state index contributed by atoms with van der Waals surface area (Å²) in [4.78, 5) is 24.3. The molecule has 1 aliphatic carbocycles. The molecule has 178 valence electrons. The average Bonchev–Trinajstić information content (AvgIpc) is 3.63. The predicted molar refractivity (Wildman–Crippen MR) is 132 cm³/mol. The number of benzene rings is 3. The lowest BCUT2D eigenvalue weighted by Crippen LogP contribution is -2.34. The Morgan fingerprint density at radius 1 is 1.06 bits per heavy atom. The van der Waals surface area contributed by atoms with Crippen LogP contribution >= 0.6 is 0 Å². The first-order valence-corrected chi connectivity index (χ1v) is 11.6. The second-order valence-electron chi connectivity index (χ2n) is 8.77. The van der Waals surface area contributed by atoms with Gasteiger partial charge in [-0.15, -0.1) is 0 Å². The molecule has 7 nitrogen and oxygen atoms in total. The Bertz CT molecular complexity index is 1390. The molecule has 0 bridgehead atoms. The van der Waals surface area contributed by atoms with Gasteiger partial charge in [0, 0.05) is 29.0 Å². The zero-order valence-electron chi connectivity index (χ0n) is 19.1. The number of furan rings is 1. The Hall–Kier alpha value is -4.10.